The number of benzene rings is 1. The van der Waals surface area contributed by atoms with E-state index < -0.39 is 10.2 Å². The number of carbonyl (C=O) groups excluding carboxylic acids is 1. The zero-order chi connectivity index (χ0) is 20.0. The molecule has 1 N–H and O–H groups in total. The quantitative estimate of drug-likeness (QED) is 0.679. The van der Waals surface area contributed by atoms with Gasteiger partial charge in [-0.05, 0) is 44.2 Å². The number of para-hydroxylation sites is 1. The molecule has 7 nitrogen and oxygen atoms in total. The van der Waals surface area contributed by atoms with E-state index in [1.807, 2.05) is 32.0 Å². The van der Waals surface area contributed by atoms with Crippen LogP contribution in [0.1, 0.15) is 36.8 Å². The number of hydrogen-bond acceptors (Lipinski definition) is 4. The summed E-state index contributed by atoms with van der Waals surface area (Å²) in [6.45, 7) is 5.39. The largest absolute Gasteiger partial charge is 0.493 e. The molecule has 1 amide bonds. The number of ether oxygens (including phenoxy) is 1. The maximum Gasteiger partial charge on any atom is 0.281 e. The lowest BCUT2D eigenvalue weighted by atomic mass is 10.1. The zero-order valence-electron chi connectivity index (χ0n) is 16.7. The van der Waals surface area contributed by atoms with Gasteiger partial charge in [-0.2, -0.15) is 17.0 Å². The average Bonchev–Trinajstić information content (AvgIpc) is 2.61. The molecule has 0 radical (unpaired) electrons. The first-order valence-electron chi connectivity index (χ1n) is 9.38. The average molecular weight is 398 g/mol. The fraction of sp³-hybridized carbons (Fsp3) is 0.632. The topological polar surface area (TPSA) is 79.0 Å². The van der Waals surface area contributed by atoms with Crippen molar-refractivity contribution in [2.75, 3.05) is 33.8 Å². The molecule has 0 bridgehead atoms. The molecule has 27 heavy (non-hydrogen) atoms. The van der Waals surface area contributed by atoms with Crippen LogP contribution < -0.4 is 10.1 Å². The summed E-state index contributed by atoms with van der Waals surface area (Å²) in [6, 6.07) is 6.06. The Morgan fingerprint density at radius 3 is 2.37 bits per heavy atom. The van der Waals surface area contributed by atoms with Gasteiger partial charge in [-0.3, -0.25) is 4.79 Å². The number of piperidine rings is 1. The summed E-state index contributed by atoms with van der Waals surface area (Å²) in [7, 11) is -0.303. The highest BCUT2D eigenvalue weighted by Crippen LogP contribution is 2.22. The van der Waals surface area contributed by atoms with Gasteiger partial charge < -0.3 is 10.1 Å². The Morgan fingerprint density at radius 2 is 1.81 bits per heavy atom. The van der Waals surface area contributed by atoms with E-state index in [2.05, 4.69) is 5.32 Å². The molecule has 0 saturated carbocycles. The Labute approximate surface area is 162 Å². The van der Waals surface area contributed by atoms with Gasteiger partial charge in [0.15, 0.2) is 0 Å². The van der Waals surface area contributed by atoms with Crippen molar-refractivity contribution in [3.63, 3.8) is 0 Å². The maximum absolute atomic E-state index is 12.1. The molecule has 1 fully saturated rings. The van der Waals surface area contributed by atoms with E-state index in [9.17, 15) is 13.2 Å². The Balaban J connectivity index is 1.68. The molecule has 0 aliphatic carbocycles. The number of aryl methyl sites for hydroxylation is 2. The molecule has 8 heteroatoms. The number of nitrogens with one attached hydrogen (secondary N) is 1. The highest BCUT2D eigenvalue weighted by molar-refractivity contribution is 7.86. The summed E-state index contributed by atoms with van der Waals surface area (Å²) in [5.74, 6) is 0.890. The van der Waals surface area contributed by atoms with Gasteiger partial charge in [0.1, 0.15) is 5.75 Å². The maximum atomic E-state index is 12.1. The van der Waals surface area contributed by atoms with Crippen LogP contribution >= 0.6 is 0 Å². The summed E-state index contributed by atoms with van der Waals surface area (Å²) >= 11 is 0. The van der Waals surface area contributed by atoms with Crippen molar-refractivity contribution in [3.8, 4) is 5.75 Å². The molecule has 1 saturated heterocycles. The van der Waals surface area contributed by atoms with Crippen molar-refractivity contribution in [3.05, 3.63) is 29.3 Å². The Morgan fingerprint density at radius 1 is 1.22 bits per heavy atom. The molecule has 152 valence electrons. The van der Waals surface area contributed by atoms with Gasteiger partial charge in [0.05, 0.1) is 6.61 Å². The van der Waals surface area contributed by atoms with Crippen LogP contribution in [-0.4, -0.2) is 62.8 Å². The third-order valence-electron chi connectivity index (χ3n) is 4.81. The smallest absolute Gasteiger partial charge is 0.281 e. The molecule has 0 atom stereocenters. The fourth-order valence-electron chi connectivity index (χ4n) is 3.20. The highest BCUT2D eigenvalue weighted by Gasteiger charge is 2.29. The van der Waals surface area contributed by atoms with Crippen LogP contribution in [0.5, 0.6) is 5.75 Å². The summed E-state index contributed by atoms with van der Waals surface area (Å²) < 4.78 is 32.7. The lowest BCUT2D eigenvalue weighted by molar-refractivity contribution is -0.122. The van der Waals surface area contributed by atoms with E-state index in [1.165, 1.54) is 22.7 Å². The van der Waals surface area contributed by atoms with Crippen molar-refractivity contribution in [1.29, 1.82) is 0 Å². The van der Waals surface area contributed by atoms with Gasteiger partial charge in [-0.1, -0.05) is 18.2 Å². The molecule has 1 aromatic rings. The number of carbonyl (C=O) groups is 1. The third kappa shape index (κ3) is 5.92. The summed E-state index contributed by atoms with van der Waals surface area (Å²) in [5.41, 5.74) is 2.19. The molecular weight excluding hydrogens is 366 g/mol. The minimum absolute atomic E-state index is 0.00553. The van der Waals surface area contributed by atoms with Gasteiger partial charge in [-0.15, -0.1) is 0 Å². The predicted molar refractivity (Wildman–Crippen MR) is 106 cm³/mol. The summed E-state index contributed by atoms with van der Waals surface area (Å²) in [5, 5.41) is 3.01. The monoisotopic (exact) mass is 397 g/mol. The second-order valence-electron chi connectivity index (χ2n) is 7.20. The minimum Gasteiger partial charge on any atom is -0.493 e. The second-order valence-corrected chi connectivity index (χ2v) is 9.35. The van der Waals surface area contributed by atoms with Gasteiger partial charge in [-0.25, -0.2) is 0 Å². The molecule has 2 rings (SSSR count). The van der Waals surface area contributed by atoms with Gasteiger partial charge >= 0.3 is 0 Å². The van der Waals surface area contributed by atoms with Crippen LogP contribution in [0.2, 0.25) is 0 Å². The van der Waals surface area contributed by atoms with Crippen LogP contribution in [0.3, 0.4) is 0 Å². The van der Waals surface area contributed by atoms with E-state index in [4.69, 9.17) is 4.74 Å². The number of hydrogen-bond donors (Lipinski definition) is 1. The van der Waals surface area contributed by atoms with Gasteiger partial charge in [0.2, 0.25) is 5.91 Å². The molecule has 1 aliphatic heterocycles. The van der Waals surface area contributed by atoms with Crippen LogP contribution in [0.15, 0.2) is 18.2 Å². The molecule has 1 aromatic carbocycles. The van der Waals surface area contributed by atoms with E-state index in [1.54, 1.807) is 0 Å². The fourth-order valence-corrected chi connectivity index (χ4v) is 4.33. The van der Waals surface area contributed by atoms with Crippen LogP contribution in [0.25, 0.3) is 0 Å². The Hall–Kier alpha value is -1.64. The predicted octanol–water partition coefficient (Wildman–Crippen LogP) is 1.85. The lowest BCUT2D eigenvalue weighted by Gasteiger charge is -2.33. The van der Waals surface area contributed by atoms with Crippen LogP contribution in [0.4, 0.5) is 0 Å². The normalized spacial score (nSPS) is 16.5. The molecule has 0 aromatic heterocycles. The van der Waals surface area contributed by atoms with Crippen molar-refractivity contribution in [2.24, 2.45) is 0 Å². The number of nitrogens with zero attached hydrogens (tertiary/aromatic N) is 2. The Bertz CT molecular complexity index is 721. The third-order valence-corrected chi connectivity index (χ3v) is 6.75. The lowest BCUT2D eigenvalue weighted by Crippen LogP contribution is -2.49. The Kier molecular flexibility index (Phi) is 7.64. The van der Waals surface area contributed by atoms with Gasteiger partial charge in [0.25, 0.3) is 10.2 Å². The van der Waals surface area contributed by atoms with E-state index in [0.29, 0.717) is 45.4 Å². The summed E-state index contributed by atoms with van der Waals surface area (Å²) in [6.07, 6.45) is 2.32. The zero-order valence-corrected chi connectivity index (χ0v) is 17.5. The summed E-state index contributed by atoms with van der Waals surface area (Å²) in [4.78, 5) is 12.1. The SMILES string of the molecule is Cc1cccc(C)c1OCCCC(=O)NC1CCN(S(=O)(=O)N(C)C)CC1. The van der Waals surface area contributed by atoms with Crippen molar-refractivity contribution < 1.29 is 17.9 Å². The first-order chi connectivity index (χ1) is 12.7. The molecule has 0 unspecified atom stereocenters. The van der Waals surface area contributed by atoms with Crippen LogP contribution in [0, 0.1) is 13.8 Å². The van der Waals surface area contributed by atoms with Crippen molar-refractivity contribution in [2.45, 2.75) is 45.6 Å². The first kappa shape index (κ1) is 21.7. The van der Waals surface area contributed by atoms with Crippen LogP contribution in [-0.2, 0) is 15.0 Å². The van der Waals surface area contributed by atoms with E-state index in [0.717, 1.165) is 16.9 Å². The highest BCUT2D eigenvalue weighted by atomic mass is 32.2. The second kappa shape index (κ2) is 9.52. The van der Waals surface area contributed by atoms with Crippen molar-refractivity contribution >= 4 is 16.1 Å². The molecule has 1 aliphatic rings. The molecule has 0 spiro atoms. The standard InChI is InChI=1S/C19H31N3O4S/c1-15-7-5-8-16(2)19(15)26-14-6-9-18(23)20-17-10-12-22(13-11-17)27(24,25)21(3)4/h5,7-8,17H,6,9-14H2,1-4H3,(H,20,23). The number of amides is 1. The first-order valence-corrected chi connectivity index (χ1v) is 10.8. The van der Waals surface area contributed by atoms with Gasteiger partial charge in [0, 0.05) is 39.6 Å². The minimum atomic E-state index is -3.37. The molecular formula is C19H31N3O4S. The van der Waals surface area contributed by atoms with Crippen molar-refractivity contribution in [1.82, 2.24) is 13.9 Å². The van der Waals surface area contributed by atoms with E-state index in [-0.39, 0.29) is 11.9 Å². The van der Waals surface area contributed by atoms with E-state index >= 15 is 0 Å². The number of rotatable bonds is 8. The molecule has 1 heterocycles.